The molecule has 1 saturated heterocycles. The van der Waals surface area contributed by atoms with E-state index in [0.29, 0.717) is 5.69 Å². The molecule has 0 spiro atoms. The van der Waals surface area contributed by atoms with Crippen LogP contribution < -0.4 is 4.90 Å². The summed E-state index contributed by atoms with van der Waals surface area (Å²) in [4.78, 5) is 32.3. The summed E-state index contributed by atoms with van der Waals surface area (Å²) in [5.74, 6) is 0.845. The largest absolute Gasteiger partial charge is 0.274 e. The number of carbonyl (C=O) groups excluding carboxylic acids is 2. The molecule has 156 valence electrons. The Bertz CT molecular complexity index is 1260. The number of amides is 2. The molecule has 0 N–H and O–H groups in total. The molecule has 2 aliphatic carbocycles. The van der Waals surface area contributed by atoms with Crippen LogP contribution in [-0.4, -0.2) is 16.8 Å². The van der Waals surface area contributed by atoms with Crippen molar-refractivity contribution in [3.63, 3.8) is 0 Å². The lowest BCUT2D eigenvalue weighted by Gasteiger charge is -2.17. The van der Waals surface area contributed by atoms with Crippen molar-refractivity contribution in [2.75, 3.05) is 4.90 Å². The molecular formula is C23H16Br2N2O2S2. The summed E-state index contributed by atoms with van der Waals surface area (Å²) in [6.07, 6.45) is 5.20. The third kappa shape index (κ3) is 3.25. The zero-order valence-corrected chi connectivity index (χ0v) is 20.9. The fourth-order valence-corrected chi connectivity index (χ4v) is 8.51. The Labute approximate surface area is 204 Å². The van der Waals surface area contributed by atoms with Crippen LogP contribution in [0.15, 0.2) is 61.8 Å². The second-order valence-electron chi connectivity index (χ2n) is 8.17. The second kappa shape index (κ2) is 7.54. The van der Waals surface area contributed by atoms with Crippen LogP contribution in [0.25, 0.3) is 10.2 Å². The van der Waals surface area contributed by atoms with Crippen molar-refractivity contribution in [1.82, 2.24) is 4.98 Å². The Kier molecular flexibility index (Phi) is 4.90. The Morgan fingerprint density at radius 3 is 2.48 bits per heavy atom. The number of thioether (sulfide) groups is 1. The minimum Gasteiger partial charge on any atom is -0.274 e. The van der Waals surface area contributed by atoms with Gasteiger partial charge in [0.15, 0.2) is 4.34 Å². The molecule has 1 saturated carbocycles. The molecule has 8 heteroatoms. The van der Waals surface area contributed by atoms with Crippen molar-refractivity contribution in [2.45, 2.75) is 16.5 Å². The van der Waals surface area contributed by atoms with Crippen molar-refractivity contribution >= 4 is 82.7 Å². The molecule has 2 bridgehead atoms. The smallest absolute Gasteiger partial charge is 0.238 e. The fourth-order valence-electron chi connectivity index (χ4n) is 5.03. The predicted molar refractivity (Wildman–Crippen MR) is 131 cm³/mol. The summed E-state index contributed by atoms with van der Waals surface area (Å²) in [7, 11) is 0. The van der Waals surface area contributed by atoms with E-state index in [-0.39, 0.29) is 35.5 Å². The van der Waals surface area contributed by atoms with Crippen LogP contribution >= 0.6 is 55.0 Å². The summed E-state index contributed by atoms with van der Waals surface area (Å²) < 4.78 is 4.08. The Balaban J connectivity index is 1.25. The highest BCUT2D eigenvalue weighted by atomic mass is 79.9. The van der Waals surface area contributed by atoms with Gasteiger partial charge in [0.1, 0.15) is 0 Å². The normalized spacial score (nSPS) is 26.5. The quantitative estimate of drug-likeness (QED) is 0.204. The number of benzene rings is 2. The maximum atomic E-state index is 13.1. The van der Waals surface area contributed by atoms with E-state index in [9.17, 15) is 9.59 Å². The number of aromatic nitrogens is 1. The van der Waals surface area contributed by atoms with E-state index in [4.69, 9.17) is 4.98 Å². The van der Waals surface area contributed by atoms with Crippen LogP contribution in [0.4, 0.5) is 5.69 Å². The number of fused-ring (bicyclic) bond motifs is 6. The van der Waals surface area contributed by atoms with Crippen molar-refractivity contribution in [1.29, 1.82) is 0 Å². The molecule has 1 aromatic heterocycles. The Morgan fingerprint density at radius 2 is 1.77 bits per heavy atom. The van der Waals surface area contributed by atoms with Gasteiger partial charge in [-0.1, -0.05) is 61.8 Å². The Morgan fingerprint density at radius 1 is 1.03 bits per heavy atom. The monoisotopic (exact) mass is 574 g/mol. The molecule has 4 atom stereocenters. The molecule has 0 radical (unpaired) electrons. The van der Waals surface area contributed by atoms with Crippen LogP contribution in [0, 0.1) is 23.7 Å². The number of imide groups is 1. The van der Waals surface area contributed by atoms with Gasteiger partial charge in [-0.25, -0.2) is 9.88 Å². The summed E-state index contributed by atoms with van der Waals surface area (Å²) in [6.45, 7) is 0. The zero-order chi connectivity index (χ0) is 21.3. The number of rotatable bonds is 4. The Hall–Kier alpha value is -1.48. The number of nitrogens with zero attached hydrogens (tertiary/aromatic N) is 2. The van der Waals surface area contributed by atoms with E-state index in [2.05, 4.69) is 50.1 Å². The lowest BCUT2D eigenvalue weighted by Crippen LogP contribution is -2.32. The molecular weight excluding hydrogens is 560 g/mol. The summed E-state index contributed by atoms with van der Waals surface area (Å²) >= 11 is 10.4. The first-order valence-corrected chi connectivity index (χ1v) is 13.4. The highest BCUT2D eigenvalue weighted by Crippen LogP contribution is 2.53. The van der Waals surface area contributed by atoms with Gasteiger partial charge in [0, 0.05) is 14.7 Å². The second-order valence-corrected chi connectivity index (χ2v) is 12.2. The molecule has 1 aliphatic heterocycles. The number of anilines is 1. The van der Waals surface area contributed by atoms with Crippen molar-refractivity contribution in [3.8, 4) is 0 Å². The minimum absolute atomic E-state index is 0.0367. The van der Waals surface area contributed by atoms with E-state index >= 15 is 0 Å². The molecule has 0 unspecified atom stereocenters. The van der Waals surface area contributed by atoms with Gasteiger partial charge in [-0.05, 0) is 54.2 Å². The van der Waals surface area contributed by atoms with Gasteiger partial charge >= 0.3 is 0 Å². The first-order valence-electron chi connectivity index (χ1n) is 10.0. The topological polar surface area (TPSA) is 50.3 Å². The van der Waals surface area contributed by atoms with E-state index in [1.807, 2.05) is 30.3 Å². The highest BCUT2D eigenvalue weighted by Gasteiger charge is 2.59. The van der Waals surface area contributed by atoms with Crippen molar-refractivity contribution < 1.29 is 9.59 Å². The maximum absolute atomic E-state index is 13.1. The molecule has 4 nitrogen and oxygen atoms in total. The number of hydrogen-bond acceptors (Lipinski definition) is 5. The molecule has 2 amide bonds. The van der Waals surface area contributed by atoms with Gasteiger partial charge in [-0.15, -0.1) is 11.3 Å². The number of thiazole rings is 1. The zero-order valence-electron chi connectivity index (χ0n) is 16.1. The van der Waals surface area contributed by atoms with Crippen molar-refractivity contribution in [3.05, 3.63) is 63.1 Å². The molecule has 3 aliphatic rings. The van der Waals surface area contributed by atoms with E-state index < -0.39 is 0 Å². The third-order valence-corrected chi connectivity index (χ3v) is 9.89. The number of carbonyl (C=O) groups is 2. The van der Waals surface area contributed by atoms with Crippen LogP contribution in [-0.2, 0) is 15.3 Å². The maximum Gasteiger partial charge on any atom is 0.238 e. The van der Waals surface area contributed by atoms with Crippen LogP contribution in [0.1, 0.15) is 12.0 Å². The predicted octanol–water partition coefficient (Wildman–Crippen LogP) is 6.43. The molecule has 2 heterocycles. The lowest BCUT2D eigenvalue weighted by atomic mass is 9.85. The van der Waals surface area contributed by atoms with Gasteiger partial charge in [0.05, 0.1) is 27.7 Å². The SMILES string of the molecule is O=C1[C@@H]2[C@@H](C(=O)N1c1ccc3nc(SCc4ccc(Br)cc4Br)sc3c1)[C@H]1C=C[C@H]2C1. The van der Waals surface area contributed by atoms with Gasteiger partial charge in [0.25, 0.3) is 0 Å². The summed E-state index contributed by atoms with van der Waals surface area (Å²) in [5.41, 5.74) is 2.77. The average Bonchev–Trinajstić information content (AvgIpc) is 3.50. The lowest BCUT2D eigenvalue weighted by molar-refractivity contribution is -0.123. The summed E-state index contributed by atoms with van der Waals surface area (Å²) in [5, 5.41) is 0. The molecule has 2 aromatic carbocycles. The standard InChI is InChI=1S/C23H16Br2N2O2S2/c24-14-4-3-13(16(25)8-14)10-30-23-26-17-6-5-15(9-18(17)31-23)27-21(28)19-11-1-2-12(7-11)20(19)22(27)29/h1-6,8-9,11-12,19-20H,7,10H2/t11-,12-,19-,20-/m0/s1. The van der Waals surface area contributed by atoms with Gasteiger partial charge in [-0.3, -0.25) is 9.59 Å². The average molecular weight is 576 g/mol. The van der Waals surface area contributed by atoms with Crippen LogP contribution in [0.2, 0.25) is 0 Å². The molecule has 6 rings (SSSR count). The van der Waals surface area contributed by atoms with Crippen LogP contribution in [0.3, 0.4) is 0 Å². The van der Waals surface area contributed by atoms with Gasteiger partial charge in [0.2, 0.25) is 11.8 Å². The number of hydrogen-bond donors (Lipinski definition) is 0. The number of halogens is 2. The molecule has 2 fully saturated rings. The van der Waals surface area contributed by atoms with Crippen LogP contribution in [0.5, 0.6) is 0 Å². The highest BCUT2D eigenvalue weighted by molar-refractivity contribution is 9.11. The molecule has 31 heavy (non-hydrogen) atoms. The van der Waals surface area contributed by atoms with Gasteiger partial charge < -0.3 is 0 Å². The van der Waals surface area contributed by atoms with E-state index in [0.717, 1.165) is 35.7 Å². The number of allylic oxidation sites excluding steroid dienone is 2. The summed E-state index contributed by atoms with van der Waals surface area (Å²) in [6, 6.07) is 11.9. The van der Waals surface area contributed by atoms with Gasteiger partial charge in [-0.2, -0.15) is 0 Å². The van der Waals surface area contributed by atoms with Crippen molar-refractivity contribution in [2.24, 2.45) is 23.7 Å². The first-order chi connectivity index (χ1) is 15.0. The third-order valence-electron chi connectivity index (χ3n) is 6.45. The molecule has 3 aromatic rings. The fraction of sp³-hybridized carbons (Fsp3) is 0.261. The van der Waals surface area contributed by atoms with E-state index in [1.165, 1.54) is 10.5 Å². The minimum atomic E-state index is -0.171. The van der Waals surface area contributed by atoms with E-state index in [1.54, 1.807) is 23.1 Å². The first kappa shape index (κ1) is 20.1.